The Morgan fingerprint density at radius 2 is 1.85 bits per heavy atom. The normalized spacial score (nSPS) is 14.8. The number of rotatable bonds is 6. The maximum atomic E-state index is 13.6. The monoisotopic (exact) mass is 470 g/mol. The minimum Gasteiger partial charge on any atom is -0.493 e. The second-order valence-electron chi connectivity index (χ2n) is 7.14. The van der Waals surface area contributed by atoms with Gasteiger partial charge in [-0.1, -0.05) is 23.7 Å². The highest BCUT2D eigenvalue weighted by atomic mass is 35.5. The Morgan fingerprint density at radius 1 is 1.12 bits per heavy atom. The third kappa shape index (κ3) is 4.42. The number of hydrogen-bond donors (Lipinski definition) is 1. The van der Waals surface area contributed by atoms with Gasteiger partial charge in [0.25, 0.3) is 5.91 Å². The first kappa shape index (κ1) is 22.4. The molecule has 1 heterocycles. The lowest BCUT2D eigenvalue weighted by Crippen LogP contribution is -2.43. The Bertz CT molecular complexity index is 1200. The largest absolute Gasteiger partial charge is 0.493 e. The van der Waals surface area contributed by atoms with Crippen molar-refractivity contribution in [2.75, 3.05) is 31.0 Å². The van der Waals surface area contributed by atoms with Crippen molar-refractivity contribution in [2.45, 2.75) is 6.17 Å². The van der Waals surface area contributed by atoms with Gasteiger partial charge in [0.2, 0.25) is 0 Å². The molecule has 1 atom stereocenters. The number of ether oxygens (including phenoxy) is 3. The van der Waals surface area contributed by atoms with Crippen LogP contribution in [0.1, 0.15) is 22.1 Å². The van der Waals surface area contributed by atoms with E-state index in [4.69, 9.17) is 21.1 Å². The molecule has 9 heteroatoms. The maximum absolute atomic E-state index is 13.6. The third-order valence-corrected chi connectivity index (χ3v) is 5.37. The predicted octanol–water partition coefficient (Wildman–Crippen LogP) is 4.81. The van der Waals surface area contributed by atoms with Crippen LogP contribution >= 0.6 is 11.6 Å². The summed E-state index contributed by atoms with van der Waals surface area (Å²) in [5.74, 6) is -0.845. The summed E-state index contributed by atoms with van der Waals surface area (Å²) in [6.07, 6.45) is -0.807. The van der Waals surface area contributed by atoms with Crippen LogP contribution in [0.25, 0.3) is 0 Å². The Hall–Kier alpha value is -3.78. The molecule has 0 saturated carbocycles. The van der Waals surface area contributed by atoms with Crippen molar-refractivity contribution in [1.82, 2.24) is 0 Å². The smallest absolute Gasteiger partial charge is 0.343 e. The van der Waals surface area contributed by atoms with E-state index >= 15 is 0 Å². The topological polar surface area (TPSA) is 77.1 Å². The molecule has 0 aromatic heterocycles. The number of amides is 1. The third-order valence-electron chi connectivity index (χ3n) is 5.16. The summed E-state index contributed by atoms with van der Waals surface area (Å²) in [4.78, 5) is 26.8. The Kier molecular flexibility index (Phi) is 6.37. The van der Waals surface area contributed by atoms with Crippen LogP contribution in [0.4, 0.5) is 15.8 Å². The minimum absolute atomic E-state index is 0.212. The van der Waals surface area contributed by atoms with Crippen LogP contribution in [-0.4, -0.2) is 32.7 Å². The highest BCUT2D eigenvalue weighted by Gasteiger charge is 2.36. The van der Waals surface area contributed by atoms with Gasteiger partial charge >= 0.3 is 5.97 Å². The van der Waals surface area contributed by atoms with Gasteiger partial charge in [-0.05, 0) is 42.5 Å². The first-order valence-corrected chi connectivity index (χ1v) is 10.3. The minimum atomic E-state index is -0.807. The lowest BCUT2D eigenvalue weighted by atomic mass is 10.0. The summed E-state index contributed by atoms with van der Waals surface area (Å²) in [6.45, 7) is -0.380. The molecule has 1 amide bonds. The number of para-hydroxylation sites is 1. The summed E-state index contributed by atoms with van der Waals surface area (Å²) < 4.78 is 29.5. The zero-order chi connectivity index (χ0) is 23.5. The zero-order valence-electron chi connectivity index (χ0n) is 17.8. The van der Waals surface area contributed by atoms with Gasteiger partial charge in [0, 0.05) is 28.0 Å². The first-order valence-electron chi connectivity index (χ1n) is 9.94. The molecule has 1 N–H and O–H groups in total. The van der Waals surface area contributed by atoms with Crippen molar-refractivity contribution in [2.24, 2.45) is 0 Å². The number of fused-ring (bicyclic) bond motifs is 1. The molecule has 170 valence electrons. The fraction of sp³-hybridized carbons (Fsp3) is 0.167. The van der Waals surface area contributed by atoms with Gasteiger partial charge < -0.3 is 19.5 Å². The van der Waals surface area contributed by atoms with Gasteiger partial charge in [0.05, 0.1) is 19.8 Å². The van der Waals surface area contributed by atoms with E-state index in [9.17, 15) is 14.0 Å². The number of benzene rings is 3. The Labute approximate surface area is 194 Å². The van der Waals surface area contributed by atoms with Crippen LogP contribution in [0, 0.1) is 5.82 Å². The zero-order valence-corrected chi connectivity index (χ0v) is 18.6. The average Bonchev–Trinajstić information content (AvgIpc) is 2.83. The van der Waals surface area contributed by atoms with Gasteiger partial charge in [-0.15, -0.1) is 0 Å². The molecule has 3 aromatic rings. The number of nitrogens with one attached hydrogen (secondary N) is 1. The van der Waals surface area contributed by atoms with E-state index < -0.39 is 18.0 Å². The van der Waals surface area contributed by atoms with Crippen molar-refractivity contribution in [1.29, 1.82) is 0 Å². The van der Waals surface area contributed by atoms with Crippen molar-refractivity contribution in [3.05, 3.63) is 82.6 Å². The number of carbonyl (C=O) groups excluding carboxylic acids is 2. The van der Waals surface area contributed by atoms with Crippen LogP contribution in [0.2, 0.25) is 5.02 Å². The Morgan fingerprint density at radius 3 is 2.55 bits per heavy atom. The van der Waals surface area contributed by atoms with Gasteiger partial charge in [-0.25, -0.2) is 9.18 Å². The van der Waals surface area contributed by atoms with Crippen molar-refractivity contribution in [3.63, 3.8) is 0 Å². The molecular formula is C24H20ClFN2O5. The quantitative estimate of drug-likeness (QED) is 0.521. The molecule has 3 aromatic carbocycles. The second kappa shape index (κ2) is 9.38. The fourth-order valence-corrected chi connectivity index (χ4v) is 3.84. The van der Waals surface area contributed by atoms with E-state index in [0.29, 0.717) is 27.5 Å². The number of carbonyl (C=O) groups is 2. The van der Waals surface area contributed by atoms with Gasteiger partial charge in [0.1, 0.15) is 12.0 Å². The molecule has 0 aliphatic carbocycles. The molecule has 0 fully saturated rings. The van der Waals surface area contributed by atoms with E-state index in [0.717, 1.165) is 0 Å². The molecule has 7 nitrogen and oxygen atoms in total. The summed E-state index contributed by atoms with van der Waals surface area (Å²) in [6, 6.07) is 15.8. The lowest BCUT2D eigenvalue weighted by molar-refractivity contribution is -0.142. The van der Waals surface area contributed by atoms with E-state index in [-0.39, 0.29) is 24.0 Å². The fourth-order valence-electron chi connectivity index (χ4n) is 3.63. The van der Waals surface area contributed by atoms with E-state index in [1.54, 1.807) is 36.4 Å². The number of methoxy groups -OCH3 is 2. The standard InChI is InChI=1S/C24H20ClFN2O5/c1-31-20-12-14(25)11-18(22(20)33-13-21(29)32-2)23-27-19-6-4-3-5-17(19)24(30)28(23)16-9-7-15(26)8-10-16/h3-12,23,27H,13H2,1-2H3/t23-/m0/s1. The number of esters is 1. The van der Waals surface area contributed by atoms with Crippen LogP contribution in [0.15, 0.2) is 60.7 Å². The first-order chi connectivity index (χ1) is 15.9. The van der Waals surface area contributed by atoms with Crippen molar-refractivity contribution in [3.8, 4) is 11.5 Å². The van der Waals surface area contributed by atoms with Gasteiger partial charge in [0.15, 0.2) is 18.1 Å². The van der Waals surface area contributed by atoms with E-state index in [2.05, 4.69) is 10.1 Å². The van der Waals surface area contributed by atoms with E-state index in [1.807, 2.05) is 0 Å². The SMILES string of the molecule is COC(=O)COc1c(OC)cc(Cl)cc1[C@H]1Nc2ccccc2C(=O)N1c1ccc(F)cc1. The predicted molar refractivity (Wildman–Crippen MR) is 122 cm³/mol. The van der Waals surface area contributed by atoms with E-state index in [1.165, 1.54) is 43.4 Å². The molecule has 4 rings (SSSR count). The molecule has 0 unspecified atom stereocenters. The molecule has 1 aliphatic rings. The Balaban J connectivity index is 1.89. The number of nitrogens with zero attached hydrogens (tertiary/aromatic N) is 1. The van der Waals surface area contributed by atoms with Crippen LogP contribution in [0.5, 0.6) is 11.5 Å². The van der Waals surface area contributed by atoms with Crippen molar-refractivity contribution >= 4 is 34.9 Å². The summed E-state index contributed by atoms with van der Waals surface area (Å²) in [7, 11) is 2.69. The summed E-state index contributed by atoms with van der Waals surface area (Å²) >= 11 is 6.35. The highest BCUT2D eigenvalue weighted by molar-refractivity contribution is 6.31. The van der Waals surface area contributed by atoms with Crippen molar-refractivity contribution < 1.29 is 28.2 Å². The second-order valence-corrected chi connectivity index (χ2v) is 7.57. The molecule has 0 spiro atoms. The number of hydrogen-bond acceptors (Lipinski definition) is 6. The molecule has 0 radical (unpaired) electrons. The summed E-state index contributed by atoms with van der Waals surface area (Å²) in [5, 5.41) is 3.66. The van der Waals surface area contributed by atoms with Gasteiger partial charge in [-0.3, -0.25) is 9.69 Å². The molecule has 1 aliphatic heterocycles. The molecule has 0 bridgehead atoms. The number of anilines is 2. The van der Waals surface area contributed by atoms with Crippen LogP contribution < -0.4 is 19.7 Å². The number of halogens is 2. The van der Waals surface area contributed by atoms with Gasteiger partial charge in [-0.2, -0.15) is 0 Å². The highest BCUT2D eigenvalue weighted by Crippen LogP contribution is 2.44. The molecule has 0 saturated heterocycles. The molecule has 33 heavy (non-hydrogen) atoms. The maximum Gasteiger partial charge on any atom is 0.343 e. The average molecular weight is 471 g/mol. The molecular weight excluding hydrogens is 451 g/mol. The van der Waals surface area contributed by atoms with Crippen LogP contribution in [-0.2, 0) is 9.53 Å². The lowest BCUT2D eigenvalue weighted by Gasteiger charge is -2.38. The van der Waals surface area contributed by atoms with Crippen LogP contribution in [0.3, 0.4) is 0 Å². The summed E-state index contributed by atoms with van der Waals surface area (Å²) in [5.41, 5.74) is 1.94.